The number of phenolic OH excluding ortho intramolecular Hbond substituents is 1. The number of thiazole rings is 1. The number of hydrogen-bond donors (Lipinski definition) is 2. The first-order chi connectivity index (χ1) is 13.5. The molecule has 1 unspecified atom stereocenters. The van der Waals surface area contributed by atoms with E-state index in [-0.39, 0.29) is 17.6 Å². The Balaban J connectivity index is 1.68. The summed E-state index contributed by atoms with van der Waals surface area (Å²) in [6, 6.07) is 13.2. The minimum Gasteiger partial charge on any atom is -0.508 e. The van der Waals surface area contributed by atoms with Crippen LogP contribution in [0.25, 0.3) is 15.3 Å². The molecule has 1 amide bonds. The molecule has 0 saturated heterocycles. The fourth-order valence-corrected chi connectivity index (χ4v) is 4.84. The van der Waals surface area contributed by atoms with E-state index in [2.05, 4.69) is 18.3 Å². The number of carbonyl (C=O) groups is 1. The first-order valence-corrected chi connectivity index (χ1v) is 9.87. The van der Waals surface area contributed by atoms with Gasteiger partial charge in [-0.25, -0.2) is 4.98 Å². The molecule has 0 radical (unpaired) electrons. The van der Waals surface area contributed by atoms with Gasteiger partial charge in [-0.05, 0) is 49.2 Å². The number of aromatic hydroxyl groups is 1. The van der Waals surface area contributed by atoms with Gasteiger partial charge in [-0.3, -0.25) is 4.79 Å². The van der Waals surface area contributed by atoms with Crippen LogP contribution in [0.5, 0.6) is 5.75 Å². The molecular formula is C21H18N4O2S. The number of anilines is 1. The second kappa shape index (κ2) is 6.17. The fourth-order valence-electron chi connectivity index (χ4n) is 3.82. The summed E-state index contributed by atoms with van der Waals surface area (Å²) in [6.45, 7) is 4.00. The maximum atomic E-state index is 12.5. The maximum Gasteiger partial charge on any atom is 0.226 e. The summed E-state index contributed by atoms with van der Waals surface area (Å²) in [6.07, 6.45) is 0.321. The number of fused-ring (bicyclic) bond motifs is 2. The molecular weight excluding hydrogens is 372 g/mol. The number of nitrogens with zero attached hydrogens (tertiary/aromatic N) is 3. The second-order valence-corrected chi connectivity index (χ2v) is 8.14. The maximum absolute atomic E-state index is 12.5. The van der Waals surface area contributed by atoms with Crippen molar-refractivity contribution in [3.63, 3.8) is 0 Å². The van der Waals surface area contributed by atoms with Crippen LogP contribution in [0.1, 0.15) is 34.7 Å². The van der Waals surface area contributed by atoms with Gasteiger partial charge in [0.2, 0.25) is 11.0 Å². The van der Waals surface area contributed by atoms with Crippen molar-refractivity contribution >= 4 is 33.3 Å². The van der Waals surface area contributed by atoms with E-state index in [0.29, 0.717) is 12.2 Å². The molecule has 140 valence electrons. The molecule has 2 N–H and O–H groups in total. The number of hydrogen-bond acceptors (Lipinski definition) is 5. The molecule has 0 spiro atoms. The highest BCUT2D eigenvalue weighted by Crippen LogP contribution is 2.41. The van der Waals surface area contributed by atoms with Crippen molar-refractivity contribution in [1.82, 2.24) is 14.8 Å². The zero-order valence-electron chi connectivity index (χ0n) is 15.4. The van der Waals surface area contributed by atoms with Crippen LogP contribution < -0.4 is 5.32 Å². The smallest absolute Gasteiger partial charge is 0.226 e. The second-order valence-electron chi connectivity index (χ2n) is 7.13. The first-order valence-electron chi connectivity index (χ1n) is 9.05. The van der Waals surface area contributed by atoms with Crippen molar-refractivity contribution in [2.75, 3.05) is 5.32 Å². The molecule has 1 aliphatic rings. The quantitative estimate of drug-likeness (QED) is 0.535. The number of aromatic nitrogens is 3. The predicted molar refractivity (Wildman–Crippen MR) is 109 cm³/mol. The molecule has 3 heterocycles. The van der Waals surface area contributed by atoms with Crippen molar-refractivity contribution in [2.24, 2.45) is 0 Å². The molecule has 0 saturated carbocycles. The number of amides is 1. The highest BCUT2D eigenvalue weighted by Gasteiger charge is 2.33. The third kappa shape index (κ3) is 2.66. The minimum atomic E-state index is -0.152. The summed E-state index contributed by atoms with van der Waals surface area (Å²) in [5, 5.41) is 18.3. The Kier molecular flexibility index (Phi) is 3.73. The largest absolute Gasteiger partial charge is 0.508 e. The van der Waals surface area contributed by atoms with Crippen LogP contribution in [0.2, 0.25) is 0 Å². The zero-order chi connectivity index (χ0) is 19.4. The summed E-state index contributed by atoms with van der Waals surface area (Å²) in [5.74, 6) is 0.634. The van der Waals surface area contributed by atoms with Crippen molar-refractivity contribution in [3.05, 3.63) is 64.8 Å². The molecule has 2 aromatic carbocycles. The molecule has 28 heavy (non-hydrogen) atoms. The van der Waals surface area contributed by atoms with Gasteiger partial charge in [0.15, 0.2) is 0 Å². The van der Waals surface area contributed by atoms with Gasteiger partial charge in [0.05, 0.1) is 15.9 Å². The molecule has 4 aromatic rings. The SMILES string of the molecule is Cc1ccc2nc(-n3nc(C)c4c3NC(=O)CC4c3cccc(O)c3)sc2c1. The lowest BCUT2D eigenvalue weighted by Gasteiger charge is -2.24. The summed E-state index contributed by atoms with van der Waals surface area (Å²) in [5.41, 5.74) is 4.82. The Bertz CT molecular complexity index is 1240. The van der Waals surface area contributed by atoms with Gasteiger partial charge >= 0.3 is 0 Å². The molecule has 1 aliphatic heterocycles. The number of benzene rings is 2. The predicted octanol–water partition coefficient (Wildman–Crippen LogP) is 4.28. The molecule has 0 bridgehead atoms. The first kappa shape index (κ1) is 16.9. The Morgan fingerprint density at radius 1 is 1.21 bits per heavy atom. The van der Waals surface area contributed by atoms with E-state index in [1.54, 1.807) is 34.2 Å². The highest BCUT2D eigenvalue weighted by atomic mass is 32.1. The van der Waals surface area contributed by atoms with Crippen molar-refractivity contribution in [3.8, 4) is 10.9 Å². The number of carbonyl (C=O) groups excluding carboxylic acids is 1. The molecule has 5 rings (SSSR count). The monoisotopic (exact) mass is 390 g/mol. The molecule has 0 aliphatic carbocycles. The van der Waals surface area contributed by atoms with Gasteiger partial charge in [0.25, 0.3) is 0 Å². The normalized spacial score (nSPS) is 16.2. The molecule has 7 heteroatoms. The standard InChI is InChI=1S/C21H18N4O2S/c1-11-6-7-16-17(8-11)28-21(22-16)25-20-19(12(2)24-25)15(10-18(27)23-20)13-4-3-5-14(26)9-13/h3-9,15,26H,10H2,1-2H3,(H,23,27). The number of aryl methyl sites for hydroxylation is 2. The van der Waals surface area contributed by atoms with Crippen LogP contribution in [0.3, 0.4) is 0 Å². The van der Waals surface area contributed by atoms with Gasteiger partial charge in [0.1, 0.15) is 11.6 Å². The fraction of sp³-hybridized carbons (Fsp3) is 0.190. The number of nitrogens with one attached hydrogen (secondary N) is 1. The number of phenols is 1. The van der Waals surface area contributed by atoms with E-state index in [4.69, 9.17) is 10.1 Å². The molecule has 0 fully saturated rings. The third-order valence-corrected chi connectivity index (χ3v) is 6.08. The third-order valence-electron chi connectivity index (χ3n) is 5.09. The summed E-state index contributed by atoms with van der Waals surface area (Å²) in [4.78, 5) is 17.2. The zero-order valence-corrected chi connectivity index (χ0v) is 16.2. The van der Waals surface area contributed by atoms with Crippen LogP contribution in [0, 0.1) is 13.8 Å². The molecule has 1 atom stereocenters. The lowest BCUT2D eigenvalue weighted by atomic mass is 9.86. The van der Waals surface area contributed by atoms with Crippen LogP contribution >= 0.6 is 11.3 Å². The molecule has 2 aromatic heterocycles. The van der Waals surface area contributed by atoms with Gasteiger partial charge in [-0.2, -0.15) is 9.78 Å². The van der Waals surface area contributed by atoms with Gasteiger partial charge in [-0.15, -0.1) is 0 Å². The van der Waals surface area contributed by atoms with E-state index in [1.807, 2.05) is 25.1 Å². The summed E-state index contributed by atoms with van der Waals surface area (Å²) >= 11 is 1.55. The van der Waals surface area contributed by atoms with Crippen LogP contribution in [-0.4, -0.2) is 25.8 Å². The van der Waals surface area contributed by atoms with Gasteiger partial charge < -0.3 is 10.4 Å². The number of rotatable bonds is 2. The van der Waals surface area contributed by atoms with Crippen molar-refractivity contribution in [1.29, 1.82) is 0 Å². The van der Waals surface area contributed by atoms with E-state index >= 15 is 0 Å². The van der Waals surface area contributed by atoms with Crippen LogP contribution in [0.15, 0.2) is 42.5 Å². The van der Waals surface area contributed by atoms with Crippen LogP contribution in [-0.2, 0) is 4.79 Å². The van der Waals surface area contributed by atoms with E-state index in [0.717, 1.165) is 32.2 Å². The average Bonchev–Trinajstić information content (AvgIpc) is 3.21. The highest BCUT2D eigenvalue weighted by molar-refractivity contribution is 7.20. The van der Waals surface area contributed by atoms with E-state index in [9.17, 15) is 9.90 Å². The molecule has 6 nitrogen and oxygen atoms in total. The average molecular weight is 390 g/mol. The van der Waals surface area contributed by atoms with Crippen molar-refractivity contribution in [2.45, 2.75) is 26.2 Å². The Labute approximate surface area is 165 Å². The van der Waals surface area contributed by atoms with Gasteiger partial charge in [0, 0.05) is 17.9 Å². The Hall–Kier alpha value is -3.19. The Morgan fingerprint density at radius 2 is 2.07 bits per heavy atom. The summed E-state index contributed by atoms with van der Waals surface area (Å²) in [7, 11) is 0. The summed E-state index contributed by atoms with van der Waals surface area (Å²) < 4.78 is 2.82. The lowest BCUT2D eigenvalue weighted by molar-refractivity contribution is -0.116. The minimum absolute atomic E-state index is 0.0704. The van der Waals surface area contributed by atoms with Crippen LogP contribution in [0.4, 0.5) is 5.82 Å². The van der Waals surface area contributed by atoms with Crippen molar-refractivity contribution < 1.29 is 9.90 Å². The van der Waals surface area contributed by atoms with E-state index < -0.39 is 0 Å². The lowest BCUT2D eigenvalue weighted by Crippen LogP contribution is -2.24. The van der Waals surface area contributed by atoms with Gasteiger partial charge in [-0.1, -0.05) is 29.5 Å². The topological polar surface area (TPSA) is 80.0 Å². The van der Waals surface area contributed by atoms with E-state index in [1.165, 1.54) is 5.56 Å². The Morgan fingerprint density at radius 3 is 2.89 bits per heavy atom.